The van der Waals surface area contributed by atoms with Gasteiger partial charge in [-0.3, -0.25) is 4.79 Å². The van der Waals surface area contributed by atoms with E-state index < -0.39 is 0 Å². The molecule has 0 N–H and O–H groups in total. The fraction of sp³-hybridized carbons (Fsp3) is 0.556. The molecule has 0 atom stereocenters. The average molecular weight is 297 g/mol. The van der Waals surface area contributed by atoms with Gasteiger partial charge in [0.05, 0.1) is 18.4 Å². The third kappa shape index (κ3) is 2.62. The second-order valence-corrected chi connectivity index (χ2v) is 6.71. The van der Waals surface area contributed by atoms with E-state index in [4.69, 9.17) is 0 Å². The number of carbonyl (C=O) groups excluding carboxylic acids is 1. The van der Waals surface area contributed by atoms with Gasteiger partial charge in [-0.2, -0.15) is 0 Å². The van der Waals surface area contributed by atoms with Gasteiger partial charge in [-0.1, -0.05) is 25.3 Å². The Morgan fingerprint density at radius 1 is 1.18 bits per heavy atom. The largest absolute Gasteiger partial charge is 0.334 e. The normalized spacial score (nSPS) is 19.5. The van der Waals surface area contributed by atoms with E-state index in [1.165, 1.54) is 19.3 Å². The van der Waals surface area contributed by atoms with Crippen LogP contribution in [-0.2, 0) is 11.3 Å². The van der Waals surface area contributed by atoms with Crippen LogP contribution in [0, 0.1) is 5.92 Å². The number of hydrogen-bond acceptors (Lipinski definition) is 2. The highest BCUT2D eigenvalue weighted by molar-refractivity contribution is 5.79. The number of carbonyl (C=O) groups is 1. The van der Waals surface area contributed by atoms with Crippen molar-refractivity contribution in [3.63, 3.8) is 0 Å². The van der Waals surface area contributed by atoms with Gasteiger partial charge in [-0.15, -0.1) is 0 Å². The van der Waals surface area contributed by atoms with Gasteiger partial charge in [0.2, 0.25) is 5.91 Å². The minimum absolute atomic E-state index is 0.258. The molecule has 2 aliphatic rings. The van der Waals surface area contributed by atoms with E-state index in [1.54, 1.807) is 0 Å². The summed E-state index contributed by atoms with van der Waals surface area (Å²) in [4.78, 5) is 19.5. The number of aromatic nitrogens is 2. The molecule has 0 aliphatic heterocycles. The van der Waals surface area contributed by atoms with Crippen LogP contribution in [0.4, 0.5) is 0 Å². The van der Waals surface area contributed by atoms with Crippen molar-refractivity contribution in [1.29, 1.82) is 0 Å². The molecule has 0 bridgehead atoms. The standard InChI is InChI=1S/C18H23N3O/c22-18(14-6-2-1-3-7-14)21(15-9-10-15)13-16-12-19-17-8-4-5-11-20(16)17/h4-5,8,11-12,14-15H,1-3,6-7,9-10,13H2. The Labute approximate surface area is 131 Å². The molecule has 4 nitrogen and oxygen atoms in total. The Kier molecular flexibility index (Phi) is 3.60. The first-order chi connectivity index (χ1) is 10.8. The van der Waals surface area contributed by atoms with Crippen LogP contribution in [0.1, 0.15) is 50.6 Å². The Hall–Kier alpha value is -1.84. The van der Waals surface area contributed by atoms with Crippen molar-refractivity contribution < 1.29 is 4.79 Å². The SMILES string of the molecule is O=C(C1CCCCC1)N(Cc1cnc2ccccn12)C1CC1. The van der Waals surface area contributed by atoms with Gasteiger partial charge in [0.25, 0.3) is 0 Å². The van der Waals surface area contributed by atoms with E-state index >= 15 is 0 Å². The van der Waals surface area contributed by atoms with Gasteiger partial charge < -0.3 is 9.30 Å². The highest BCUT2D eigenvalue weighted by Gasteiger charge is 2.36. The summed E-state index contributed by atoms with van der Waals surface area (Å²) in [5.74, 6) is 0.640. The summed E-state index contributed by atoms with van der Waals surface area (Å²) in [6.07, 6.45) is 12.1. The predicted octanol–water partition coefficient (Wildman–Crippen LogP) is 3.41. The van der Waals surface area contributed by atoms with Crippen LogP contribution in [0.15, 0.2) is 30.6 Å². The lowest BCUT2D eigenvalue weighted by Gasteiger charge is -2.29. The summed E-state index contributed by atoms with van der Waals surface area (Å²) < 4.78 is 2.10. The molecule has 2 fully saturated rings. The minimum atomic E-state index is 0.258. The van der Waals surface area contributed by atoms with Crippen LogP contribution in [-0.4, -0.2) is 26.2 Å². The lowest BCUT2D eigenvalue weighted by molar-refractivity contribution is -0.137. The molecule has 1 amide bonds. The first-order valence-electron chi connectivity index (χ1n) is 8.54. The van der Waals surface area contributed by atoms with Crippen molar-refractivity contribution in [2.24, 2.45) is 5.92 Å². The fourth-order valence-corrected chi connectivity index (χ4v) is 3.63. The van der Waals surface area contributed by atoms with Gasteiger partial charge in [-0.25, -0.2) is 4.98 Å². The molecule has 0 aromatic carbocycles. The molecule has 0 saturated heterocycles. The molecule has 4 heteroatoms. The van der Waals surface area contributed by atoms with Gasteiger partial charge in [0.1, 0.15) is 5.65 Å². The van der Waals surface area contributed by atoms with Crippen LogP contribution in [0.25, 0.3) is 5.65 Å². The van der Waals surface area contributed by atoms with Crippen molar-refractivity contribution in [2.45, 2.75) is 57.5 Å². The molecule has 22 heavy (non-hydrogen) atoms. The molecule has 0 spiro atoms. The zero-order chi connectivity index (χ0) is 14.9. The smallest absolute Gasteiger partial charge is 0.226 e. The summed E-state index contributed by atoms with van der Waals surface area (Å²) in [5, 5.41) is 0. The van der Waals surface area contributed by atoms with Crippen LogP contribution < -0.4 is 0 Å². The maximum atomic E-state index is 12.9. The Balaban J connectivity index is 1.56. The lowest BCUT2D eigenvalue weighted by Crippen LogP contribution is -2.38. The number of nitrogens with zero attached hydrogens (tertiary/aromatic N) is 3. The van der Waals surface area contributed by atoms with Crippen LogP contribution in [0.5, 0.6) is 0 Å². The van der Waals surface area contributed by atoms with Crippen molar-refractivity contribution in [2.75, 3.05) is 0 Å². The summed E-state index contributed by atoms with van der Waals surface area (Å²) >= 11 is 0. The zero-order valence-corrected chi connectivity index (χ0v) is 12.9. The van der Waals surface area contributed by atoms with Gasteiger partial charge in [0.15, 0.2) is 0 Å². The van der Waals surface area contributed by atoms with Crippen molar-refractivity contribution in [3.8, 4) is 0 Å². The molecular formula is C18H23N3O. The fourth-order valence-electron chi connectivity index (χ4n) is 3.63. The maximum absolute atomic E-state index is 12.9. The second kappa shape index (κ2) is 5.75. The second-order valence-electron chi connectivity index (χ2n) is 6.71. The van der Waals surface area contributed by atoms with Gasteiger partial charge >= 0.3 is 0 Å². The first-order valence-corrected chi connectivity index (χ1v) is 8.54. The summed E-state index contributed by atoms with van der Waals surface area (Å²) in [6, 6.07) is 6.48. The zero-order valence-electron chi connectivity index (χ0n) is 12.9. The third-order valence-electron chi connectivity index (χ3n) is 5.05. The van der Waals surface area contributed by atoms with Gasteiger partial charge in [0, 0.05) is 18.2 Å². The lowest BCUT2D eigenvalue weighted by atomic mass is 9.88. The van der Waals surface area contributed by atoms with E-state index in [0.29, 0.717) is 18.5 Å². The molecule has 116 valence electrons. The van der Waals surface area contributed by atoms with Gasteiger partial charge in [-0.05, 0) is 37.8 Å². The summed E-state index contributed by atoms with van der Waals surface area (Å²) in [7, 11) is 0. The number of amides is 1. The van der Waals surface area contributed by atoms with E-state index in [1.807, 2.05) is 30.6 Å². The molecule has 2 saturated carbocycles. The number of imidazole rings is 1. The number of rotatable bonds is 4. The van der Waals surface area contributed by atoms with E-state index in [0.717, 1.165) is 37.0 Å². The van der Waals surface area contributed by atoms with Crippen molar-refractivity contribution >= 4 is 11.6 Å². The Morgan fingerprint density at radius 3 is 2.77 bits per heavy atom. The number of fused-ring (bicyclic) bond motifs is 1. The quantitative estimate of drug-likeness (QED) is 0.867. The van der Waals surface area contributed by atoms with Crippen molar-refractivity contribution in [3.05, 3.63) is 36.3 Å². The summed E-state index contributed by atoms with van der Waals surface area (Å²) in [5.41, 5.74) is 2.07. The molecule has 0 radical (unpaired) electrons. The monoisotopic (exact) mass is 297 g/mol. The van der Waals surface area contributed by atoms with Crippen molar-refractivity contribution in [1.82, 2.24) is 14.3 Å². The Morgan fingerprint density at radius 2 is 2.00 bits per heavy atom. The molecule has 2 aromatic rings. The van der Waals surface area contributed by atoms with E-state index in [2.05, 4.69) is 14.3 Å². The summed E-state index contributed by atoms with van der Waals surface area (Å²) in [6.45, 7) is 0.700. The van der Waals surface area contributed by atoms with E-state index in [-0.39, 0.29) is 5.92 Å². The predicted molar refractivity (Wildman–Crippen MR) is 85.3 cm³/mol. The maximum Gasteiger partial charge on any atom is 0.226 e. The molecule has 0 unspecified atom stereocenters. The highest BCUT2D eigenvalue weighted by Crippen LogP contribution is 2.33. The molecule has 2 heterocycles. The molecule has 4 rings (SSSR count). The average Bonchev–Trinajstić information content (AvgIpc) is 3.34. The number of hydrogen-bond donors (Lipinski definition) is 0. The molecule has 2 aromatic heterocycles. The van der Waals surface area contributed by atoms with Crippen LogP contribution in [0.3, 0.4) is 0 Å². The Bertz CT molecular complexity index is 668. The van der Waals surface area contributed by atoms with Crippen LogP contribution in [0.2, 0.25) is 0 Å². The third-order valence-corrected chi connectivity index (χ3v) is 5.05. The highest BCUT2D eigenvalue weighted by atomic mass is 16.2. The topological polar surface area (TPSA) is 37.6 Å². The number of pyridine rings is 1. The molecular weight excluding hydrogens is 274 g/mol. The van der Waals surface area contributed by atoms with Crippen LogP contribution >= 0.6 is 0 Å². The minimum Gasteiger partial charge on any atom is -0.334 e. The van der Waals surface area contributed by atoms with E-state index in [9.17, 15) is 4.79 Å². The molecule has 2 aliphatic carbocycles. The first kappa shape index (κ1) is 13.8.